The third-order valence-electron chi connectivity index (χ3n) is 8.63. The molecule has 0 heterocycles. The Morgan fingerprint density at radius 3 is 1.45 bits per heavy atom. The summed E-state index contributed by atoms with van der Waals surface area (Å²) in [5, 5.41) is 0. The fourth-order valence-corrected chi connectivity index (χ4v) is 6.60. The Hall–Kier alpha value is -4.30. The molecule has 0 aliphatic heterocycles. The second-order valence-electron chi connectivity index (χ2n) is 14.3. The van der Waals surface area contributed by atoms with E-state index in [-0.39, 0.29) is 10.8 Å². The van der Waals surface area contributed by atoms with Crippen LogP contribution in [0.4, 0.5) is 0 Å². The van der Waals surface area contributed by atoms with Gasteiger partial charge >= 0.3 is 0 Å². The lowest BCUT2D eigenvalue weighted by Crippen LogP contribution is -2.22. The number of hydrogen-bond acceptors (Lipinski definition) is 0. The van der Waals surface area contributed by atoms with E-state index < -0.39 is 8.07 Å². The van der Waals surface area contributed by atoms with Crippen LogP contribution in [0.3, 0.4) is 0 Å². The molecule has 0 spiro atoms. The van der Waals surface area contributed by atoms with Crippen molar-refractivity contribution in [1.82, 2.24) is 0 Å². The van der Waals surface area contributed by atoms with Gasteiger partial charge in [0.15, 0.2) is 0 Å². The van der Waals surface area contributed by atoms with Crippen molar-refractivity contribution in [3.63, 3.8) is 0 Å². The molecule has 0 atom stereocenters. The van der Waals surface area contributed by atoms with E-state index in [9.17, 15) is 0 Å². The van der Waals surface area contributed by atoms with Crippen molar-refractivity contribution in [2.45, 2.75) is 71.0 Å². The molecule has 220 valence electrons. The molecule has 0 N–H and O–H groups in total. The van der Waals surface area contributed by atoms with Crippen molar-refractivity contribution in [2.75, 3.05) is 0 Å². The van der Waals surface area contributed by atoms with Gasteiger partial charge < -0.3 is 0 Å². The summed E-state index contributed by atoms with van der Waals surface area (Å²) in [5.74, 6) is 6.17. The highest BCUT2D eigenvalue weighted by Gasteiger charge is 2.29. The topological polar surface area (TPSA) is 0 Å². The van der Waals surface area contributed by atoms with Crippen molar-refractivity contribution in [2.24, 2.45) is 0 Å². The first-order chi connectivity index (χ1) is 20.9. The summed E-state index contributed by atoms with van der Waals surface area (Å²) in [7, 11) is -1.36. The molecule has 0 nitrogen and oxygen atoms in total. The Balaban J connectivity index is 0.000000177. The Bertz CT molecular complexity index is 1820. The Labute approximate surface area is 267 Å². The van der Waals surface area contributed by atoms with Crippen LogP contribution in [0.25, 0.3) is 11.1 Å². The number of benzene rings is 4. The zero-order valence-corrected chi connectivity index (χ0v) is 28.4. The molecule has 44 heavy (non-hydrogen) atoms. The summed E-state index contributed by atoms with van der Waals surface area (Å²) < 4.78 is 0. The van der Waals surface area contributed by atoms with Crippen LogP contribution in [0, 0.1) is 23.8 Å². The first-order valence-corrected chi connectivity index (χ1v) is 19.2. The van der Waals surface area contributed by atoms with Crippen LogP contribution in [0.1, 0.15) is 85.0 Å². The quantitative estimate of drug-likeness (QED) is 0.161. The summed E-state index contributed by atoms with van der Waals surface area (Å²) >= 11 is 0. The molecule has 0 saturated carbocycles. The van der Waals surface area contributed by atoms with Gasteiger partial charge in [0.05, 0.1) is 0 Å². The standard InChI is InChI=1S/C23H26Si.C20H18/c1-23(2)15-13-20(19-9-7-6-8-10-19)21-17-18(11-12-22(21)23)14-16-24(3,4)5;1-4-15-10-11-19-18(14-15)17(12-13-20(19,2)3)16-8-6-5-7-9-16/h6-13,17H,15H2,1-5H3;1,5-12,14H,13H2,2-3H3. The van der Waals surface area contributed by atoms with Crippen LogP contribution < -0.4 is 0 Å². The molecule has 6 rings (SSSR count). The average Bonchev–Trinajstić information content (AvgIpc) is 3.00. The van der Waals surface area contributed by atoms with Crippen LogP contribution >= 0.6 is 0 Å². The lowest BCUT2D eigenvalue weighted by molar-refractivity contribution is 0.527. The third kappa shape index (κ3) is 6.91. The molecule has 4 aromatic rings. The summed E-state index contributed by atoms with van der Waals surface area (Å²) in [5.41, 5.74) is 16.6. The molecule has 0 amide bonds. The lowest BCUT2D eigenvalue weighted by atomic mass is 9.72. The highest BCUT2D eigenvalue weighted by molar-refractivity contribution is 6.83. The van der Waals surface area contributed by atoms with Crippen molar-refractivity contribution in [3.05, 3.63) is 154 Å². The first kappa shape index (κ1) is 31.1. The molecule has 0 fully saturated rings. The van der Waals surface area contributed by atoms with E-state index in [2.05, 4.69) is 174 Å². The Kier molecular flexibility index (Phi) is 8.75. The van der Waals surface area contributed by atoms with Gasteiger partial charge in [0.25, 0.3) is 0 Å². The van der Waals surface area contributed by atoms with E-state index in [1.807, 2.05) is 0 Å². The van der Waals surface area contributed by atoms with E-state index in [4.69, 9.17) is 6.42 Å². The molecule has 2 aliphatic carbocycles. The van der Waals surface area contributed by atoms with Gasteiger partial charge in [-0.1, -0.05) is 144 Å². The number of allylic oxidation sites excluding steroid dienone is 2. The summed E-state index contributed by atoms with van der Waals surface area (Å²) in [6.07, 6.45) is 12.4. The van der Waals surface area contributed by atoms with Gasteiger partial charge in [-0.25, -0.2) is 0 Å². The van der Waals surface area contributed by atoms with E-state index in [1.54, 1.807) is 0 Å². The normalized spacial score (nSPS) is 15.9. The molecule has 0 aromatic heterocycles. The summed E-state index contributed by atoms with van der Waals surface area (Å²) in [4.78, 5) is 0. The summed E-state index contributed by atoms with van der Waals surface area (Å²) in [6.45, 7) is 16.1. The van der Waals surface area contributed by atoms with Crippen LogP contribution in [-0.2, 0) is 10.8 Å². The molecule has 0 saturated heterocycles. The average molecular weight is 589 g/mol. The summed E-state index contributed by atoms with van der Waals surface area (Å²) in [6, 6.07) is 34.4. The minimum Gasteiger partial charge on any atom is -0.127 e. The maximum absolute atomic E-state index is 5.57. The van der Waals surface area contributed by atoms with E-state index in [0.717, 1.165) is 24.0 Å². The maximum Gasteiger partial charge on any atom is 0.129 e. The number of fused-ring (bicyclic) bond motifs is 2. The predicted molar refractivity (Wildman–Crippen MR) is 193 cm³/mol. The molecule has 0 bridgehead atoms. The second-order valence-corrected chi connectivity index (χ2v) is 19.1. The van der Waals surface area contributed by atoms with E-state index in [1.165, 1.54) is 44.5 Å². The molecular weight excluding hydrogens is 545 g/mol. The van der Waals surface area contributed by atoms with Crippen LogP contribution in [0.15, 0.2) is 109 Å². The minimum atomic E-state index is -1.36. The van der Waals surface area contributed by atoms with Gasteiger partial charge in [-0.15, -0.1) is 12.0 Å². The Morgan fingerprint density at radius 2 is 1.02 bits per heavy atom. The SMILES string of the molecule is C#Cc1ccc2c(c1)C(c1ccccc1)=CCC2(C)C.CC1(C)CC=C(c2ccccc2)c2cc(C#C[Si](C)(C)C)ccc21. The zero-order valence-electron chi connectivity index (χ0n) is 27.4. The van der Waals surface area contributed by atoms with Crippen molar-refractivity contribution >= 4 is 19.2 Å². The van der Waals surface area contributed by atoms with E-state index >= 15 is 0 Å². The predicted octanol–water partition coefficient (Wildman–Crippen LogP) is 10.8. The number of rotatable bonds is 2. The van der Waals surface area contributed by atoms with Gasteiger partial charge in [-0.3, -0.25) is 0 Å². The fourth-order valence-electron chi connectivity index (χ4n) is 6.08. The molecule has 0 radical (unpaired) electrons. The van der Waals surface area contributed by atoms with Gasteiger partial charge in [0, 0.05) is 11.1 Å². The Morgan fingerprint density at radius 1 is 0.591 bits per heavy atom. The highest BCUT2D eigenvalue weighted by Crippen LogP contribution is 2.42. The first-order valence-electron chi connectivity index (χ1n) is 15.7. The fraction of sp³-hybridized carbons (Fsp3) is 0.256. The van der Waals surface area contributed by atoms with Crippen LogP contribution in [-0.4, -0.2) is 8.07 Å². The van der Waals surface area contributed by atoms with E-state index in [0.29, 0.717) is 0 Å². The van der Waals surface area contributed by atoms with Crippen LogP contribution in [0.5, 0.6) is 0 Å². The van der Waals surface area contributed by atoms with Crippen molar-refractivity contribution in [3.8, 4) is 23.8 Å². The van der Waals surface area contributed by atoms with Gasteiger partial charge in [-0.2, -0.15) is 0 Å². The minimum absolute atomic E-state index is 0.167. The van der Waals surface area contributed by atoms with Crippen molar-refractivity contribution in [1.29, 1.82) is 0 Å². The zero-order chi connectivity index (χ0) is 31.5. The molecule has 0 unspecified atom stereocenters. The highest BCUT2D eigenvalue weighted by atomic mass is 28.3. The van der Waals surface area contributed by atoms with Crippen LogP contribution in [0.2, 0.25) is 19.6 Å². The molecule has 1 heteroatoms. The molecule has 4 aromatic carbocycles. The van der Waals surface area contributed by atoms with Gasteiger partial charge in [0.1, 0.15) is 8.07 Å². The molecule has 2 aliphatic rings. The third-order valence-corrected chi connectivity index (χ3v) is 9.50. The maximum atomic E-state index is 5.57. The number of terminal acetylenes is 1. The monoisotopic (exact) mass is 588 g/mol. The smallest absolute Gasteiger partial charge is 0.127 e. The number of hydrogen-bond donors (Lipinski definition) is 0. The lowest BCUT2D eigenvalue weighted by Gasteiger charge is -2.32. The second kappa shape index (κ2) is 12.4. The van der Waals surface area contributed by atoms with Gasteiger partial charge in [0.2, 0.25) is 0 Å². The van der Waals surface area contributed by atoms with Gasteiger partial charge in [-0.05, 0) is 92.5 Å². The van der Waals surface area contributed by atoms with Crippen molar-refractivity contribution < 1.29 is 0 Å². The largest absolute Gasteiger partial charge is 0.129 e. The molecular formula is C43H44Si.